The van der Waals surface area contributed by atoms with Crippen LogP contribution >= 0.6 is 0 Å². The standard InChI is InChI=1S/C13H24N4/c1-2-12-10-13(16-15-12)11-14-6-9-17-7-4-3-5-8-17/h10,14H,2-9,11H2,1H3,(H,15,16). The molecule has 1 saturated heterocycles. The predicted octanol–water partition coefficient (Wildman–Crippen LogP) is 1.55. The molecule has 0 amide bonds. The van der Waals surface area contributed by atoms with Gasteiger partial charge in [-0.2, -0.15) is 5.10 Å². The third-order valence-corrected chi connectivity index (χ3v) is 3.42. The monoisotopic (exact) mass is 236 g/mol. The molecule has 1 fully saturated rings. The fraction of sp³-hybridized carbons (Fsp3) is 0.769. The van der Waals surface area contributed by atoms with Gasteiger partial charge in [0.25, 0.3) is 0 Å². The zero-order chi connectivity index (χ0) is 11.9. The van der Waals surface area contributed by atoms with E-state index in [1.807, 2.05) is 0 Å². The number of piperidine rings is 1. The third-order valence-electron chi connectivity index (χ3n) is 3.42. The van der Waals surface area contributed by atoms with Gasteiger partial charge in [-0.3, -0.25) is 5.10 Å². The average molecular weight is 236 g/mol. The van der Waals surface area contributed by atoms with Gasteiger partial charge < -0.3 is 10.2 Å². The number of nitrogens with one attached hydrogen (secondary N) is 2. The van der Waals surface area contributed by atoms with Crippen LogP contribution in [0.1, 0.15) is 37.6 Å². The van der Waals surface area contributed by atoms with Crippen LogP contribution in [-0.2, 0) is 13.0 Å². The van der Waals surface area contributed by atoms with Crippen molar-refractivity contribution in [3.05, 3.63) is 17.5 Å². The van der Waals surface area contributed by atoms with Crippen LogP contribution < -0.4 is 5.32 Å². The predicted molar refractivity (Wildman–Crippen MR) is 70.0 cm³/mol. The van der Waals surface area contributed by atoms with E-state index in [2.05, 4.69) is 33.4 Å². The summed E-state index contributed by atoms with van der Waals surface area (Å²) >= 11 is 0. The number of aromatic amines is 1. The maximum Gasteiger partial charge on any atom is 0.0622 e. The molecule has 2 N–H and O–H groups in total. The number of nitrogens with zero attached hydrogens (tertiary/aromatic N) is 2. The molecule has 0 aromatic carbocycles. The van der Waals surface area contributed by atoms with Gasteiger partial charge in [-0.05, 0) is 38.4 Å². The second-order valence-electron chi connectivity index (χ2n) is 4.82. The number of hydrogen-bond acceptors (Lipinski definition) is 3. The molecule has 4 heteroatoms. The number of H-pyrrole nitrogens is 1. The van der Waals surface area contributed by atoms with Crippen molar-refractivity contribution in [3.8, 4) is 0 Å². The maximum absolute atomic E-state index is 4.23. The first-order valence-corrected chi connectivity index (χ1v) is 6.84. The zero-order valence-corrected chi connectivity index (χ0v) is 10.8. The van der Waals surface area contributed by atoms with Crippen LogP contribution in [0.15, 0.2) is 6.07 Å². The van der Waals surface area contributed by atoms with E-state index in [1.165, 1.54) is 44.6 Å². The smallest absolute Gasteiger partial charge is 0.0622 e. The summed E-state index contributed by atoms with van der Waals surface area (Å²) in [4.78, 5) is 2.56. The van der Waals surface area contributed by atoms with Gasteiger partial charge in [0.05, 0.1) is 5.69 Å². The second-order valence-corrected chi connectivity index (χ2v) is 4.82. The van der Waals surface area contributed by atoms with Gasteiger partial charge in [0, 0.05) is 25.3 Å². The molecule has 96 valence electrons. The minimum absolute atomic E-state index is 0.904. The molecule has 0 spiro atoms. The molecule has 2 heterocycles. The van der Waals surface area contributed by atoms with Gasteiger partial charge in [0.1, 0.15) is 0 Å². The topological polar surface area (TPSA) is 44.0 Å². The fourth-order valence-corrected chi connectivity index (χ4v) is 2.32. The first-order valence-electron chi connectivity index (χ1n) is 6.84. The van der Waals surface area contributed by atoms with E-state index in [9.17, 15) is 0 Å². The van der Waals surface area contributed by atoms with Crippen LogP contribution in [-0.4, -0.2) is 41.3 Å². The van der Waals surface area contributed by atoms with Crippen molar-refractivity contribution in [3.63, 3.8) is 0 Å². The van der Waals surface area contributed by atoms with E-state index in [-0.39, 0.29) is 0 Å². The SMILES string of the molecule is CCc1cc(CNCCN2CCCCC2)[nH]n1. The number of aromatic nitrogens is 2. The summed E-state index contributed by atoms with van der Waals surface area (Å²) in [5.74, 6) is 0. The first kappa shape index (κ1) is 12.6. The summed E-state index contributed by atoms with van der Waals surface area (Å²) in [6, 6.07) is 2.15. The molecule has 1 aliphatic rings. The summed E-state index contributed by atoms with van der Waals surface area (Å²) in [6.07, 6.45) is 5.17. The molecule has 1 aromatic heterocycles. The van der Waals surface area contributed by atoms with Gasteiger partial charge in [-0.25, -0.2) is 0 Å². The molecule has 0 unspecified atom stereocenters. The Bertz CT molecular complexity index is 315. The highest BCUT2D eigenvalue weighted by Crippen LogP contribution is 2.07. The van der Waals surface area contributed by atoms with Crippen molar-refractivity contribution in [2.24, 2.45) is 0 Å². The fourth-order valence-electron chi connectivity index (χ4n) is 2.32. The van der Waals surface area contributed by atoms with E-state index in [0.29, 0.717) is 0 Å². The van der Waals surface area contributed by atoms with Crippen molar-refractivity contribution in [1.29, 1.82) is 0 Å². The van der Waals surface area contributed by atoms with Crippen LogP contribution in [0.5, 0.6) is 0 Å². The Morgan fingerprint density at radius 1 is 1.35 bits per heavy atom. The first-order chi connectivity index (χ1) is 8.38. The number of hydrogen-bond donors (Lipinski definition) is 2. The van der Waals surface area contributed by atoms with Gasteiger partial charge in [-0.15, -0.1) is 0 Å². The maximum atomic E-state index is 4.23. The molecule has 0 radical (unpaired) electrons. The number of rotatable bonds is 6. The lowest BCUT2D eigenvalue weighted by molar-refractivity contribution is 0.229. The van der Waals surface area contributed by atoms with Gasteiger partial charge >= 0.3 is 0 Å². The quantitative estimate of drug-likeness (QED) is 0.737. The van der Waals surface area contributed by atoms with Crippen LogP contribution in [0.3, 0.4) is 0 Å². The Labute approximate surface area is 104 Å². The van der Waals surface area contributed by atoms with E-state index >= 15 is 0 Å². The molecule has 1 aliphatic heterocycles. The van der Waals surface area contributed by atoms with Gasteiger partial charge in [0.2, 0.25) is 0 Å². The third kappa shape index (κ3) is 4.13. The van der Waals surface area contributed by atoms with Crippen molar-refractivity contribution >= 4 is 0 Å². The molecule has 0 bridgehead atoms. The minimum Gasteiger partial charge on any atom is -0.310 e. The number of aryl methyl sites for hydroxylation is 1. The molecule has 0 atom stereocenters. The summed E-state index contributed by atoms with van der Waals surface area (Å²) in [6.45, 7) is 7.84. The van der Waals surface area contributed by atoms with Gasteiger partial charge in [-0.1, -0.05) is 13.3 Å². The Morgan fingerprint density at radius 2 is 2.18 bits per heavy atom. The minimum atomic E-state index is 0.904. The van der Waals surface area contributed by atoms with Gasteiger partial charge in [0.15, 0.2) is 0 Å². The molecular formula is C13H24N4. The van der Waals surface area contributed by atoms with E-state index in [1.54, 1.807) is 0 Å². The summed E-state index contributed by atoms with van der Waals surface area (Å²) < 4.78 is 0. The highest BCUT2D eigenvalue weighted by atomic mass is 15.2. The van der Waals surface area contributed by atoms with E-state index in [0.717, 1.165) is 25.2 Å². The summed E-state index contributed by atoms with van der Waals surface area (Å²) in [5, 5.41) is 10.8. The van der Waals surface area contributed by atoms with E-state index in [4.69, 9.17) is 0 Å². The average Bonchev–Trinajstić information content (AvgIpc) is 2.84. The largest absolute Gasteiger partial charge is 0.310 e. The molecule has 0 saturated carbocycles. The van der Waals surface area contributed by atoms with Crippen LogP contribution in [0.2, 0.25) is 0 Å². The lowest BCUT2D eigenvalue weighted by atomic mass is 10.1. The highest BCUT2D eigenvalue weighted by molar-refractivity contribution is 5.07. The van der Waals surface area contributed by atoms with Crippen LogP contribution in [0, 0.1) is 0 Å². The van der Waals surface area contributed by atoms with Crippen molar-refractivity contribution in [2.75, 3.05) is 26.2 Å². The van der Waals surface area contributed by atoms with Crippen molar-refractivity contribution < 1.29 is 0 Å². The zero-order valence-electron chi connectivity index (χ0n) is 10.8. The molecule has 0 aliphatic carbocycles. The Hall–Kier alpha value is -0.870. The Morgan fingerprint density at radius 3 is 2.88 bits per heavy atom. The molecule has 2 rings (SSSR count). The normalized spacial score (nSPS) is 17.5. The van der Waals surface area contributed by atoms with E-state index < -0.39 is 0 Å². The highest BCUT2D eigenvalue weighted by Gasteiger charge is 2.08. The summed E-state index contributed by atoms with van der Waals surface area (Å²) in [7, 11) is 0. The van der Waals surface area contributed by atoms with Crippen LogP contribution in [0.4, 0.5) is 0 Å². The van der Waals surface area contributed by atoms with Crippen molar-refractivity contribution in [1.82, 2.24) is 20.4 Å². The lowest BCUT2D eigenvalue weighted by Gasteiger charge is -2.26. The summed E-state index contributed by atoms with van der Waals surface area (Å²) in [5.41, 5.74) is 2.35. The molecule has 17 heavy (non-hydrogen) atoms. The molecule has 4 nitrogen and oxygen atoms in total. The molecular weight excluding hydrogens is 212 g/mol. The Balaban J connectivity index is 1.59. The van der Waals surface area contributed by atoms with Crippen molar-refractivity contribution in [2.45, 2.75) is 39.2 Å². The second kappa shape index (κ2) is 6.77. The Kier molecular flexibility index (Phi) is 5.01. The number of likely N-dealkylation sites (tertiary alicyclic amines) is 1. The molecule has 1 aromatic rings. The lowest BCUT2D eigenvalue weighted by Crippen LogP contribution is -2.35. The van der Waals surface area contributed by atoms with Crippen LogP contribution in [0.25, 0.3) is 0 Å².